The van der Waals surface area contributed by atoms with Crippen LogP contribution < -0.4 is 0 Å². The van der Waals surface area contributed by atoms with Crippen LogP contribution >= 0.6 is 0 Å². The molecule has 1 aromatic rings. The lowest BCUT2D eigenvalue weighted by molar-refractivity contribution is -0.0374. The van der Waals surface area contributed by atoms with Crippen LogP contribution in [0.5, 0.6) is 0 Å². The molecule has 0 aromatic heterocycles. The molecule has 3 heteroatoms. The molecule has 0 aliphatic rings. The van der Waals surface area contributed by atoms with E-state index in [0.717, 1.165) is 12.0 Å². The van der Waals surface area contributed by atoms with Crippen molar-refractivity contribution in [3.8, 4) is 0 Å². The fraction of sp³-hybridized carbons (Fsp3) is 0.625. The summed E-state index contributed by atoms with van der Waals surface area (Å²) in [5.41, 5.74) is 1.59. The van der Waals surface area contributed by atoms with Crippen molar-refractivity contribution >= 4 is 12.0 Å². The van der Waals surface area contributed by atoms with Crippen LogP contribution in [0.25, 0.3) is 6.08 Å². The van der Waals surface area contributed by atoms with Gasteiger partial charge in [0.2, 0.25) is 0 Å². The SMILES string of the molecule is CCCCCCCCCCCCCC/C=C/c1ccc(C(=O)N(C)O)cc1. The van der Waals surface area contributed by atoms with E-state index in [-0.39, 0.29) is 5.91 Å². The molecule has 1 rings (SSSR count). The predicted molar refractivity (Wildman–Crippen MR) is 115 cm³/mol. The summed E-state index contributed by atoms with van der Waals surface area (Å²) in [5.74, 6) is -0.387. The number of allylic oxidation sites excluding steroid dienone is 1. The summed E-state index contributed by atoms with van der Waals surface area (Å²) < 4.78 is 0. The van der Waals surface area contributed by atoms with Crippen molar-refractivity contribution in [3.05, 3.63) is 41.5 Å². The second-order valence-corrected chi connectivity index (χ2v) is 7.53. The minimum atomic E-state index is -0.387. The summed E-state index contributed by atoms with van der Waals surface area (Å²) in [6.07, 6.45) is 22.0. The fourth-order valence-corrected chi connectivity index (χ4v) is 3.25. The molecule has 152 valence electrons. The van der Waals surface area contributed by atoms with Gasteiger partial charge < -0.3 is 0 Å². The molecule has 0 spiro atoms. The minimum absolute atomic E-state index is 0.387. The highest BCUT2D eigenvalue weighted by Gasteiger charge is 2.07. The second kappa shape index (κ2) is 15.4. The standard InChI is InChI=1S/C24H39NO2/c1-3-4-5-6-7-8-9-10-11-12-13-14-15-16-17-22-18-20-23(21-19-22)24(26)25(2)27/h16-21,27H,3-15H2,1-2H3/b17-16+. The molecule has 0 aliphatic heterocycles. The van der Waals surface area contributed by atoms with Crippen LogP contribution in [0.2, 0.25) is 0 Å². The molecule has 0 saturated carbocycles. The van der Waals surface area contributed by atoms with Gasteiger partial charge in [-0.05, 0) is 30.5 Å². The number of nitrogens with zero attached hydrogens (tertiary/aromatic N) is 1. The molecule has 1 amide bonds. The molecule has 0 heterocycles. The van der Waals surface area contributed by atoms with E-state index in [1.807, 2.05) is 12.1 Å². The van der Waals surface area contributed by atoms with E-state index < -0.39 is 0 Å². The fourth-order valence-electron chi connectivity index (χ4n) is 3.25. The average Bonchev–Trinajstić information content (AvgIpc) is 2.68. The van der Waals surface area contributed by atoms with Crippen LogP contribution in [0.1, 0.15) is 106 Å². The first kappa shape index (κ1) is 23.4. The Bertz CT molecular complexity index is 520. The number of hydrogen-bond acceptors (Lipinski definition) is 2. The number of hydroxylamine groups is 2. The quantitative estimate of drug-likeness (QED) is 0.200. The van der Waals surface area contributed by atoms with Crippen molar-refractivity contribution in [1.29, 1.82) is 0 Å². The number of amides is 1. The minimum Gasteiger partial charge on any atom is -0.286 e. The monoisotopic (exact) mass is 373 g/mol. The maximum Gasteiger partial charge on any atom is 0.276 e. The zero-order valence-electron chi connectivity index (χ0n) is 17.5. The van der Waals surface area contributed by atoms with Crippen molar-refractivity contribution < 1.29 is 10.0 Å². The first-order valence-electron chi connectivity index (χ1n) is 10.9. The normalized spacial score (nSPS) is 11.2. The number of hydrogen-bond donors (Lipinski definition) is 1. The van der Waals surface area contributed by atoms with Crippen LogP contribution in [0.4, 0.5) is 0 Å². The Morgan fingerprint density at radius 1 is 0.852 bits per heavy atom. The summed E-state index contributed by atoms with van der Waals surface area (Å²) in [6.45, 7) is 2.27. The largest absolute Gasteiger partial charge is 0.286 e. The Kier molecular flexibility index (Phi) is 13.4. The van der Waals surface area contributed by atoms with E-state index in [0.29, 0.717) is 10.6 Å². The highest BCUT2D eigenvalue weighted by Crippen LogP contribution is 2.13. The van der Waals surface area contributed by atoms with Gasteiger partial charge in [-0.3, -0.25) is 10.0 Å². The predicted octanol–water partition coefficient (Wildman–Crippen LogP) is 7.25. The molecule has 1 aromatic carbocycles. The summed E-state index contributed by atoms with van der Waals surface area (Å²) >= 11 is 0. The van der Waals surface area contributed by atoms with Crippen molar-refractivity contribution in [2.24, 2.45) is 0 Å². The lowest BCUT2D eigenvalue weighted by atomic mass is 10.0. The molecule has 0 aliphatic carbocycles. The lowest BCUT2D eigenvalue weighted by Gasteiger charge is -2.07. The van der Waals surface area contributed by atoms with Gasteiger partial charge in [0.05, 0.1) is 0 Å². The molecule has 0 atom stereocenters. The third-order valence-electron chi connectivity index (χ3n) is 4.99. The molecule has 0 bridgehead atoms. The van der Waals surface area contributed by atoms with Crippen molar-refractivity contribution in [2.45, 2.75) is 90.4 Å². The van der Waals surface area contributed by atoms with Gasteiger partial charge in [0, 0.05) is 12.6 Å². The van der Waals surface area contributed by atoms with Gasteiger partial charge >= 0.3 is 0 Å². The third kappa shape index (κ3) is 11.7. The van der Waals surface area contributed by atoms with Crippen molar-refractivity contribution in [1.82, 2.24) is 5.06 Å². The molecular weight excluding hydrogens is 334 g/mol. The van der Waals surface area contributed by atoms with E-state index in [1.165, 1.54) is 84.1 Å². The number of carbonyl (C=O) groups is 1. The van der Waals surface area contributed by atoms with Gasteiger partial charge in [-0.25, -0.2) is 5.06 Å². The Labute approximate surface area is 166 Å². The first-order valence-corrected chi connectivity index (χ1v) is 10.9. The zero-order valence-corrected chi connectivity index (χ0v) is 17.5. The molecule has 27 heavy (non-hydrogen) atoms. The van der Waals surface area contributed by atoms with Gasteiger partial charge in [-0.15, -0.1) is 0 Å². The summed E-state index contributed by atoms with van der Waals surface area (Å²) in [4.78, 5) is 11.6. The number of benzene rings is 1. The molecule has 0 saturated heterocycles. The van der Waals surface area contributed by atoms with Crippen molar-refractivity contribution in [2.75, 3.05) is 7.05 Å². The van der Waals surface area contributed by atoms with Crippen LogP contribution in [0.15, 0.2) is 30.3 Å². The van der Waals surface area contributed by atoms with Gasteiger partial charge in [0.1, 0.15) is 0 Å². The summed E-state index contributed by atoms with van der Waals surface area (Å²) in [6, 6.07) is 7.32. The number of rotatable bonds is 15. The van der Waals surface area contributed by atoms with Gasteiger partial charge in [0.25, 0.3) is 5.91 Å². The molecule has 0 unspecified atom stereocenters. The van der Waals surface area contributed by atoms with E-state index >= 15 is 0 Å². The molecule has 1 N–H and O–H groups in total. The highest BCUT2D eigenvalue weighted by atomic mass is 16.5. The third-order valence-corrected chi connectivity index (χ3v) is 4.99. The van der Waals surface area contributed by atoms with E-state index in [4.69, 9.17) is 5.21 Å². The summed E-state index contributed by atoms with van der Waals surface area (Å²) in [5, 5.41) is 9.77. The molecule has 3 nitrogen and oxygen atoms in total. The lowest BCUT2D eigenvalue weighted by Crippen LogP contribution is -2.22. The number of unbranched alkanes of at least 4 members (excludes halogenated alkanes) is 12. The maximum absolute atomic E-state index is 11.6. The Morgan fingerprint density at radius 3 is 1.81 bits per heavy atom. The second-order valence-electron chi connectivity index (χ2n) is 7.53. The molecular formula is C24H39NO2. The van der Waals surface area contributed by atoms with Gasteiger partial charge in [-0.1, -0.05) is 102 Å². The van der Waals surface area contributed by atoms with Crippen LogP contribution in [0, 0.1) is 0 Å². The highest BCUT2D eigenvalue weighted by molar-refractivity contribution is 5.93. The van der Waals surface area contributed by atoms with E-state index in [9.17, 15) is 4.79 Å². The smallest absolute Gasteiger partial charge is 0.276 e. The maximum atomic E-state index is 11.6. The Hall–Kier alpha value is -1.61. The number of carbonyl (C=O) groups excluding carboxylic acids is 1. The Morgan fingerprint density at radius 2 is 1.33 bits per heavy atom. The van der Waals surface area contributed by atoms with Gasteiger partial charge in [0.15, 0.2) is 0 Å². The summed E-state index contributed by atoms with van der Waals surface area (Å²) in [7, 11) is 1.34. The first-order chi connectivity index (χ1) is 13.1. The van der Waals surface area contributed by atoms with Crippen LogP contribution in [0.3, 0.4) is 0 Å². The molecule has 0 radical (unpaired) electrons. The van der Waals surface area contributed by atoms with Crippen LogP contribution in [-0.2, 0) is 0 Å². The van der Waals surface area contributed by atoms with Crippen molar-refractivity contribution in [3.63, 3.8) is 0 Å². The van der Waals surface area contributed by atoms with Crippen LogP contribution in [-0.4, -0.2) is 23.2 Å². The van der Waals surface area contributed by atoms with E-state index in [1.54, 1.807) is 12.1 Å². The zero-order chi connectivity index (χ0) is 19.7. The van der Waals surface area contributed by atoms with E-state index in [2.05, 4.69) is 19.1 Å². The topological polar surface area (TPSA) is 40.5 Å². The Balaban J connectivity index is 1.99. The average molecular weight is 374 g/mol. The molecule has 0 fully saturated rings. The van der Waals surface area contributed by atoms with Gasteiger partial charge in [-0.2, -0.15) is 0 Å².